The van der Waals surface area contributed by atoms with Gasteiger partial charge in [-0.15, -0.1) is 0 Å². The second kappa shape index (κ2) is 9.27. The molecule has 0 spiro atoms. The summed E-state index contributed by atoms with van der Waals surface area (Å²) < 4.78 is 12.5. The summed E-state index contributed by atoms with van der Waals surface area (Å²) >= 11 is 0. The summed E-state index contributed by atoms with van der Waals surface area (Å²) in [6.45, 7) is 0.855. The quantitative estimate of drug-likeness (QED) is 0.572. The maximum absolute atomic E-state index is 12.6. The fraction of sp³-hybridized carbons (Fsp3) is 0.400. The molecule has 0 aliphatic heterocycles. The Kier molecular flexibility index (Phi) is 6.30. The summed E-state index contributed by atoms with van der Waals surface area (Å²) in [5.74, 6) is 1.92. The fourth-order valence-electron chi connectivity index (χ4n) is 4.22. The number of hydrogen-bond donors (Lipinski definition) is 1. The molecule has 1 fully saturated rings. The lowest BCUT2D eigenvalue weighted by molar-refractivity contribution is 0.195. The van der Waals surface area contributed by atoms with E-state index >= 15 is 0 Å². The summed E-state index contributed by atoms with van der Waals surface area (Å²) in [6.07, 6.45) is 6.69. The van der Waals surface area contributed by atoms with Crippen molar-refractivity contribution in [2.75, 3.05) is 13.6 Å². The largest absolute Gasteiger partial charge is 0.486 e. The van der Waals surface area contributed by atoms with E-state index in [9.17, 15) is 4.79 Å². The molecule has 4 rings (SSSR count). The topological polar surface area (TPSA) is 51.5 Å². The smallest absolute Gasteiger partial charge is 0.192 e. The normalized spacial score (nSPS) is 16.0. The molecule has 29 heavy (non-hydrogen) atoms. The van der Waals surface area contributed by atoms with E-state index in [1.165, 1.54) is 19.3 Å². The molecule has 152 valence electrons. The zero-order chi connectivity index (χ0) is 20.1. The van der Waals surface area contributed by atoms with Gasteiger partial charge in [0, 0.05) is 24.5 Å². The number of nitrogens with one attached hydrogen (secondary N) is 1. The first-order chi connectivity index (χ1) is 14.2. The lowest BCUT2D eigenvalue weighted by Crippen LogP contribution is -2.16. The van der Waals surface area contributed by atoms with Crippen LogP contribution in [0.25, 0.3) is 11.0 Å². The Labute approximate surface area is 171 Å². The van der Waals surface area contributed by atoms with Gasteiger partial charge in [-0.25, -0.2) is 0 Å². The number of benzene rings is 2. The zero-order valence-corrected chi connectivity index (χ0v) is 17.0. The van der Waals surface area contributed by atoms with Gasteiger partial charge in [-0.05, 0) is 44.1 Å². The van der Waals surface area contributed by atoms with Crippen LogP contribution in [0.15, 0.2) is 63.8 Å². The molecule has 3 aromatic rings. The summed E-state index contributed by atoms with van der Waals surface area (Å²) in [4.78, 5) is 12.6. The molecule has 1 atom stereocenters. The number of hydrogen-bond acceptors (Lipinski definition) is 4. The lowest BCUT2D eigenvalue weighted by Gasteiger charge is -2.21. The fourth-order valence-corrected chi connectivity index (χ4v) is 4.22. The van der Waals surface area contributed by atoms with E-state index in [-0.39, 0.29) is 11.5 Å². The highest BCUT2D eigenvalue weighted by Gasteiger charge is 2.20. The molecule has 0 amide bonds. The molecule has 1 saturated carbocycles. The summed E-state index contributed by atoms with van der Waals surface area (Å²) in [5.41, 5.74) is 1.80. The van der Waals surface area contributed by atoms with Crippen LogP contribution in [-0.4, -0.2) is 13.6 Å². The van der Waals surface area contributed by atoms with E-state index in [4.69, 9.17) is 9.15 Å². The van der Waals surface area contributed by atoms with Crippen LogP contribution in [-0.2, 0) is 0 Å². The lowest BCUT2D eigenvalue weighted by atomic mass is 9.87. The van der Waals surface area contributed by atoms with Gasteiger partial charge in [-0.1, -0.05) is 49.6 Å². The highest BCUT2D eigenvalue weighted by molar-refractivity contribution is 5.78. The van der Waals surface area contributed by atoms with Crippen molar-refractivity contribution in [2.24, 2.45) is 0 Å². The number of ether oxygens (including phenoxy) is 1. The second-order valence-corrected chi connectivity index (χ2v) is 7.92. The predicted molar refractivity (Wildman–Crippen MR) is 117 cm³/mol. The van der Waals surface area contributed by atoms with Crippen LogP contribution in [0.1, 0.15) is 61.9 Å². The maximum Gasteiger partial charge on any atom is 0.192 e. The molecule has 1 aliphatic rings. The monoisotopic (exact) mass is 391 g/mol. The molecule has 1 N–H and O–H groups in total. The van der Waals surface area contributed by atoms with E-state index in [0.717, 1.165) is 42.9 Å². The van der Waals surface area contributed by atoms with Crippen molar-refractivity contribution < 1.29 is 9.15 Å². The third-order valence-electron chi connectivity index (χ3n) is 5.83. The summed E-state index contributed by atoms with van der Waals surface area (Å²) in [7, 11) is 1.94. The minimum absolute atomic E-state index is 0.0353. The molecule has 0 bridgehead atoms. The highest BCUT2D eigenvalue weighted by Crippen LogP contribution is 2.34. The van der Waals surface area contributed by atoms with Crippen LogP contribution < -0.4 is 15.5 Å². The van der Waals surface area contributed by atoms with Gasteiger partial charge in [0.05, 0.1) is 5.39 Å². The Bertz CT molecular complexity index is 990. The molecular formula is C25H29NO3. The molecule has 4 heteroatoms. The average Bonchev–Trinajstić information content (AvgIpc) is 2.77. The van der Waals surface area contributed by atoms with Crippen molar-refractivity contribution in [3.8, 4) is 5.75 Å². The Morgan fingerprint density at radius 3 is 2.62 bits per heavy atom. The van der Waals surface area contributed by atoms with E-state index < -0.39 is 0 Å². The minimum Gasteiger partial charge on any atom is -0.486 e. The van der Waals surface area contributed by atoms with Gasteiger partial charge in [0.15, 0.2) is 5.43 Å². The maximum atomic E-state index is 12.6. The summed E-state index contributed by atoms with van der Waals surface area (Å²) in [6, 6.07) is 17.5. The molecule has 0 saturated heterocycles. The van der Waals surface area contributed by atoms with Gasteiger partial charge in [-0.3, -0.25) is 4.79 Å². The van der Waals surface area contributed by atoms with Crippen molar-refractivity contribution in [3.63, 3.8) is 0 Å². The van der Waals surface area contributed by atoms with Gasteiger partial charge in [0.25, 0.3) is 0 Å². The van der Waals surface area contributed by atoms with Gasteiger partial charge in [0.2, 0.25) is 0 Å². The second-order valence-electron chi connectivity index (χ2n) is 7.92. The molecule has 4 nitrogen and oxygen atoms in total. The van der Waals surface area contributed by atoms with Crippen LogP contribution in [0.2, 0.25) is 0 Å². The Hall–Kier alpha value is -2.59. The minimum atomic E-state index is -0.0608. The first kappa shape index (κ1) is 19.7. The Balaban J connectivity index is 1.63. The molecule has 0 radical (unpaired) electrons. The molecule has 1 aliphatic carbocycles. The van der Waals surface area contributed by atoms with Gasteiger partial charge in [0.1, 0.15) is 23.2 Å². The van der Waals surface area contributed by atoms with Crippen molar-refractivity contribution in [1.29, 1.82) is 0 Å². The highest BCUT2D eigenvalue weighted by atomic mass is 16.5. The van der Waals surface area contributed by atoms with Gasteiger partial charge in [-0.2, -0.15) is 0 Å². The van der Waals surface area contributed by atoms with Gasteiger partial charge >= 0.3 is 0 Å². The molecular weight excluding hydrogens is 362 g/mol. The summed E-state index contributed by atoms with van der Waals surface area (Å²) in [5, 5.41) is 3.81. The van der Waals surface area contributed by atoms with Gasteiger partial charge < -0.3 is 14.5 Å². The van der Waals surface area contributed by atoms with E-state index in [1.807, 2.05) is 43.4 Å². The molecule has 1 aromatic heterocycles. The molecule has 1 unspecified atom stereocenters. The number of fused-ring (bicyclic) bond motifs is 1. The average molecular weight is 392 g/mol. The van der Waals surface area contributed by atoms with Crippen LogP contribution in [0.4, 0.5) is 0 Å². The predicted octanol–water partition coefficient (Wildman–Crippen LogP) is 5.57. The zero-order valence-electron chi connectivity index (χ0n) is 17.0. The van der Waals surface area contributed by atoms with Crippen molar-refractivity contribution in [3.05, 3.63) is 76.1 Å². The van der Waals surface area contributed by atoms with E-state index in [2.05, 4.69) is 17.4 Å². The first-order valence-electron chi connectivity index (χ1n) is 10.7. The van der Waals surface area contributed by atoms with Crippen LogP contribution in [0, 0.1) is 0 Å². The molecule has 1 heterocycles. The molecule has 2 aromatic carbocycles. The van der Waals surface area contributed by atoms with Crippen molar-refractivity contribution >= 4 is 11.0 Å². The van der Waals surface area contributed by atoms with E-state index in [0.29, 0.717) is 16.9 Å². The van der Waals surface area contributed by atoms with E-state index in [1.54, 1.807) is 6.07 Å². The standard InChI is InChI=1S/C25H29NO3/c1-26-15-14-23(18-8-4-2-5-9-18)28-20-12-13-21-22(27)17-24(29-25(21)16-20)19-10-6-3-7-11-19/h2,4-5,8-9,12-13,16-17,19,23,26H,3,6-7,10-11,14-15H2,1H3. The van der Waals surface area contributed by atoms with Crippen molar-refractivity contribution in [1.82, 2.24) is 5.32 Å². The Morgan fingerprint density at radius 1 is 1.07 bits per heavy atom. The number of rotatable bonds is 7. The third kappa shape index (κ3) is 4.70. The van der Waals surface area contributed by atoms with Crippen LogP contribution in [0.3, 0.4) is 0 Å². The third-order valence-corrected chi connectivity index (χ3v) is 5.83. The van der Waals surface area contributed by atoms with Crippen LogP contribution in [0.5, 0.6) is 5.75 Å². The SMILES string of the molecule is CNCCC(Oc1ccc2c(=O)cc(C3CCCCC3)oc2c1)c1ccccc1. The van der Waals surface area contributed by atoms with Crippen molar-refractivity contribution in [2.45, 2.75) is 50.5 Å². The first-order valence-corrected chi connectivity index (χ1v) is 10.7. The van der Waals surface area contributed by atoms with Crippen LogP contribution >= 0.6 is 0 Å². The Morgan fingerprint density at radius 2 is 1.86 bits per heavy atom.